The molecule has 10 aliphatic rings. The summed E-state index contributed by atoms with van der Waals surface area (Å²) in [4.78, 5) is 12.1. The number of methoxy groups -OCH3 is 1. The SMILES string of the molecule is CCCC1=C(C)C2=C(NC1c1cn[nH]c1C)C(OCCN(C)CCOC)=CC1NN=CC21.CCCN1CCOCC1.CCOc1cc2[nH]ncc2c2c3c(c(-c4cn[nH]c4C)nc12)CCCC3.CN1CCNCC1.Cc1[nH]ncc1C1NC2=C(C3=C1CCCC3)C1C=NNC1C=C2O. The normalized spacial score (nSPS) is 23.1. The summed E-state index contributed by atoms with van der Waals surface area (Å²) in [6.45, 7) is 28.7. The van der Waals surface area contributed by atoms with Crippen molar-refractivity contribution in [2.45, 2.75) is 143 Å². The van der Waals surface area contributed by atoms with E-state index in [1.807, 2.05) is 63.2 Å². The smallest absolute Gasteiger partial charge is 0.147 e. The Morgan fingerprint density at radius 3 is 2.01 bits per heavy atom. The zero-order valence-electron chi connectivity index (χ0n) is 59.4. The van der Waals surface area contributed by atoms with Gasteiger partial charge in [-0.2, -0.15) is 30.6 Å². The number of hydrogen-bond donors (Lipinski definition) is 10. The van der Waals surface area contributed by atoms with Crippen LogP contribution in [0.1, 0.15) is 137 Å². The van der Waals surface area contributed by atoms with Gasteiger partial charge in [-0.05, 0) is 176 Å². The predicted molar refractivity (Wildman–Crippen MR) is 387 cm³/mol. The quantitative estimate of drug-likeness (QED) is 0.0432. The zero-order chi connectivity index (χ0) is 68.2. The minimum Gasteiger partial charge on any atom is -0.506 e. The number of hydrogen-bond acceptors (Lipinski definition) is 20. The fraction of sp³-hybridized carbons (Fsp3) is 0.554. The fourth-order valence-corrected chi connectivity index (χ4v) is 15.5. The Bertz CT molecular complexity index is 3980. The number of ether oxygens (including phenoxy) is 4. The fourth-order valence-electron chi connectivity index (χ4n) is 15.5. The maximum atomic E-state index is 10.6. The van der Waals surface area contributed by atoms with Crippen LogP contribution in [-0.4, -0.2) is 203 Å². The topological polar surface area (TPSA) is 279 Å². The third-order valence-electron chi connectivity index (χ3n) is 20.7. The van der Waals surface area contributed by atoms with Gasteiger partial charge in [0.1, 0.15) is 29.4 Å². The van der Waals surface area contributed by atoms with Crippen molar-refractivity contribution in [2.24, 2.45) is 22.0 Å². The van der Waals surface area contributed by atoms with Crippen molar-refractivity contribution in [1.82, 2.24) is 87.3 Å². The van der Waals surface area contributed by atoms with Gasteiger partial charge in [0.25, 0.3) is 0 Å². The highest BCUT2D eigenvalue weighted by atomic mass is 16.5. The Morgan fingerprint density at radius 2 is 1.35 bits per heavy atom. The molecule has 11 heterocycles. The molecule has 1 aromatic carbocycles. The number of rotatable bonds is 16. The average molecular weight is 1340 g/mol. The van der Waals surface area contributed by atoms with Gasteiger partial charge in [0.15, 0.2) is 0 Å². The van der Waals surface area contributed by atoms with Crippen molar-refractivity contribution in [1.29, 1.82) is 0 Å². The van der Waals surface area contributed by atoms with Gasteiger partial charge in [-0.3, -0.25) is 25.3 Å². The van der Waals surface area contributed by atoms with E-state index < -0.39 is 0 Å². The summed E-state index contributed by atoms with van der Waals surface area (Å²) in [6, 6.07) is 2.39. The average Bonchev–Trinajstić information content (AvgIpc) is 1.34. The lowest BCUT2D eigenvalue weighted by atomic mass is 9.72. The standard InChI is InChI=1S/C24H36N6O2.C20H21N5O.C18H21N5O.C7H15NO.C5H12N2/c1-6-7-17-15(2)22-19-14-26-29-20(19)12-21(32-11-9-30(4)8-10-31-5)24(22)27-23(17)18-13-25-28-16(18)3;1-3-26-17-8-16-15(10-22-25-16)18-12-6-4-5-7-13(12)19(23-20(17)18)14-9-21-24-11(14)2;1-9-12(7-19-22-9)17-11-5-3-2-4-10(11)16-13-8-20-23-14(13)6-15(24)18(16)21-17;1-2-3-8-4-6-9-7-5-8;1-7-4-2-6-3-5-7/h12-14,19-20,23,27,29H,6-11H2,1-5H3,(H,25,28);8-10H,3-7H2,1-2H3,(H,21,24)(H,22,25);6-8,13-14,17,21,23-24H,2-5H2,1H3,(H,19,22);2-7H2,1H3;6H,2-5H2,1H3. The molecule has 0 amide bonds. The van der Waals surface area contributed by atoms with E-state index in [1.54, 1.807) is 7.11 Å². The van der Waals surface area contributed by atoms with Gasteiger partial charge in [-0.1, -0.05) is 20.3 Å². The molecule has 0 spiro atoms. The van der Waals surface area contributed by atoms with Crippen molar-refractivity contribution in [3.05, 3.63) is 139 Å². The van der Waals surface area contributed by atoms with Gasteiger partial charge in [0, 0.05) is 134 Å². The first-order chi connectivity index (χ1) is 47.9. The lowest BCUT2D eigenvalue weighted by molar-refractivity contribution is 0.0380. The number of piperazine rings is 1. The molecule has 2 saturated heterocycles. The molecule has 98 heavy (non-hydrogen) atoms. The van der Waals surface area contributed by atoms with Gasteiger partial charge in [-0.15, -0.1) is 0 Å². The second kappa shape index (κ2) is 32.7. The van der Waals surface area contributed by atoms with Crippen LogP contribution in [0.25, 0.3) is 33.1 Å². The Labute approximate surface area is 577 Å². The number of aromatic nitrogens is 9. The summed E-state index contributed by atoms with van der Waals surface area (Å²) in [5.41, 5.74) is 28.9. The van der Waals surface area contributed by atoms with Crippen molar-refractivity contribution >= 4 is 34.2 Å². The van der Waals surface area contributed by atoms with E-state index in [0.29, 0.717) is 19.0 Å². The first kappa shape index (κ1) is 69.8. The number of nitrogens with one attached hydrogen (secondary N) is 9. The summed E-state index contributed by atoms with van der Waals surface area (Å²) in [5, 5.41) is 61.6. The largest absolute Gasteiger partial charge is 0.506 e. The van der Waals surface area contributed by atoms with E-state index in [4.69, 9.17) is 23.9 Å². The summed E-state index contributed by atoms with van der Waals surface area (Å²) >= 11 is 0. The van der Waals surface area contributed by atoms with Crippen LogP contribution in [0.4, 0.5) is 0 Å². The van der Waals surface area contributed by atoms with Crippen LogP contribution in [0.15, 0.2) is 110 Å². The summed E-state index contributed by atoms with van der Waals surface area (Å²) in [6.07, 6.45) is 28.2. The summed E-state index contributed by atoms with van der Waals surface area (Å²) in [5.74, 6) is 2.47. The van der Waals surface area contributed by atoms with Crippen molar-refractivity contribution in [3.8, 4) is 17.0 Å². The number of aromatic amines is 4. The number of allylic oxidation sites excluding steroid dienone is 2. The number of likely N-dealkylation sites (N-methyl/N-ethyl adjacent to an activating group) is 2. The van der Waals surface area contributed by atoms with Gasteiger partial charge >= 0.3 is 0 Å². The molecule has 0 bridgehead atoms. The van der Waals surface area contributed by atoms with Crippen LogP contribution >= 0.6 is 0 Å². The Kier molecular flexibility index (Phi) is 23.3. The monoisotopic (exact) mass is 1340 g/mol. The van der Waals surface area contributed by atoms with Crippen LogP contribution in [-0.2, 0) is 27.1 Å². The molecule has 6 aromatic rings. The molecule has 4 aliphatic carbocycles. The number of H-pyrrole nitrogens is 4. The van der Waals surface area contributed by atoms with E-state index in [0.717, 1.165) is 165 Å². The number of morpholine rings is 1. The number of benzene rings is 1. The molecule has 10 N–H and O–H groups in total. The molecular formula is C74H105N19O5. The predicted octanol–water partition coefficient (Wildman–Crippen LogP) is 9.65. The van der Waals surface area contributed by atoms with Crippen LogP contribution in [0.3, 0.4) is 0 Å². The van der Waals surface area contributed by atoms with Gasteiger partial charge in [0.05, 0.1) is 98.0 Å². The third-order valence-corrected chi connectivity index (χ3v) is 20.7. The number of nitrogens with zero attached hydrogens (tertiary/aromatic N) is 10. The van der Waals surface area contributed by atoms with Crippen molar-refractivity contribution < 1.29 is 24.1 Å². The highest BCUT2D eigenvalue weighted by molar-refractivity contribution is 6.10. The molecule has 6 aliphatic heterocycles. The summed E-state index contributed by atoms with van der Waals surface area (Å²) in [7, 11) is 5.97. The van der Waals surface area contributed by atoms with Crippen molar-refractivity contribution in [2.75, 3.05) is 113 Å². The molecule has 24 heteroatoms. The zero-order valence-corrected chi connectivity index (χ0v) is 59.4. The molecule has 0 radical (unpaired) electrons. The molecule has 0 saturated carbocycles. The molecule has 6 unspecified atom stereocenters. The van der Waals surface area contributed by atoms with Gasteiger partial charge in [-0.25, -0.2) is 4.98 Å². The minimum atomic E-state index is 0.0634. The number of hydrazone groups is 2. The molecular weight excluding hydrogens is 1230 g/mol. The molecule has 5 aromatic heterocycles. The van der Waals surface area contributed by atoms with Crippen LogP contribution in [0, 0.1) is 32.6 Å². The van der Waals surface area contributed by atoms with Crippen LogP contribution < -0.4 is 31.5 Å². The molecule has 16 rings (SSSR count). The first-order valence-electron chi connectivity index (χ1n) is 36.0. The molecule has 2 fully saturated rings. The third kappa shape index (κ3) is 15.2. The lowest BCUT2D eigenvalue weighted by Crippen LogP contribution is -2.40. The second-order valence-electron chi connectivity index (χ2n) is 27.3. The van der Waals surface area contributed by atoms with E-state index in [-0.39, 0.29) is 36.0 Å². The van der Waals surface area contributed by atoms with Gasteiger partial charge in [0.2, 0.25) is 0 Å². The van der Waals surface area contributed by atoms with Crippen molar-refractivity contribution in [3.63, 3.8) is 0 Å². The van der Waals surface area contributed by atoms with E-state index in [9.17, 15) is 5.11 Å². The maximum Gasteiger partial charge on any atom is 0.147 e. The van der Waals surface area contributed by atoms with E-state index >= 15 is 0 Å². The minimum absolute atomic E-state index is 0.0634. The Balaban J connectivity index is 0.000000126. The Morgan fingerprint density at radius 1 is 0.694 bits per heavy atom. The number of aliphatic hydroxyl groups excluding tert-OH is 1. The Hall–Kier alpha value is -8.13. The number of aryl methyl sites for hydroxylation is 4. The van der Waals surface area contributed by atoms with Crippen LogP contribution in [0.2, 0.25) is 0 Å². The van der Waals surface area contributed by atoms with E-state index in [2.05, 4.69) is 147 Å². The first-order valence-corrected chi connectivity index (χ1v) is 36.0. The number of aliphatic hydroxyl groups is 1. The molecule has 24 nitrogen and oxygen atoms in total. The van der Waals surface area contributed by atoms with Gasteiger partial charge < -0.3 is 60.7 Å². The number of dihydropyridines is 2. The summed E-state index contributed by atoms with van der Waals surface area (Å²) < 4.78 is 22.7. The maximum absolute atomic E-state index is 10.6. The van der Waals surface area contributed by atoms with E-state index in [1.165, 1.54) is 113 Å². The lowest BCUT2D eigenvalue weighted by Gasteiger charge is -2.40. The highest BCUT2D eigenvalue weighted by Gasteiger charge is 2.43. The molecule has 6 atom stereocenters. The van der Waals surface area contributed by atoms with Crippen LogP contribution in [0.5, 0.6) is 5.75 Å². The number of pyridine rings is 1. The number of fused-ring (bicyclic) bond motifs is 10. The highest BCUT2D eigenvalue weighted by Crippen LogP contribution is 2.49. The second-order valence-corrected chi connectivity index (χ2v) is 27.3. The molecule has 526 valence electrons.